The molecule has 0 atom stereocenters. The van der Waals surface area contributed by atoms with E-state index in [0.717, 1.165) is 13.0 Å². The SMILES string of the molecule is CNCCCN1C(=O)c2cccnc2C1=O. The molecular formula is C11H13N3O2. The van der Waals surface area contributed by atoms with Crippen molar-refractivity contribution in [2.24, 2.45) is 0 Å². The van der Waals surface area contributed by atoms with Crippen LogP contribution in [-0.4, -0.2) is 41.8 Å². The Bertz CT molecular complexity index is 396. The third kappa shape index (κ3) is 1.69. The number of amides is 2. The van der Waals surface area contributed by atoms with Gasteiger partial charge in [-0.05, 0) is 32.1 Å². The number of carbonyl (C=O) groups excluding carboxylic acids is 2. The summed E-state index contributed by atoms with van der Waals surface area (Å²) in [5.74, 6) is -0.513. The summed E-state index contributed by atoms with van der Waals surface area (Å²) in [6.45, 7) is 1.22. The normalized spacial score (nSPS) is 14.4. The fourth-order valence-electron chi connectivity index (χ4n) is 1.73. The molecule has 0 aromatic carbocycles. The molecular weight excluding hydrogens is 206 g/mol. The Hall–Kier alpha value is -1.75. The lowest BCUT2D eigenvalue weighted by Crippen LogP contribution is -2.32. The van der Waals surface area contributed by atoms with Crippen LogP contribution in [0, 0.1) is 0 Å². The van der Waals surface area contributed by atoms with Crippen LogP contribution in [0.1, 0.15) is 27.3 Å². The Kier molecular flexibility index (Phi) is 2.96. The number of rotatable bonds is 4. The van der Waals surface area contributed by atoms with Gasteiger partial charge in [0.05, 0.1) is 5.56 Å². The first-order valence-electron chi connectivity index (χ1n) is 5.21. The zero-order valence-corrected chi connectivity index (χ0v) is 9.06. The first kappa shape index (κ1) is 10.8. The second-order valence-electron chi connectivity index (χ2n) is 3.62. The first-order valence-corrected chi connectivity index (χ1v) is 5.21. The summed E-state index contributed by atoms with van der Waals surface area (Å²) in [4.78, 5) is 28.9. The molecule has 84 valence electrons. The number of hydrogen-bond donors (Lipinski definition) is 1. The minimum atomic E-state index is -0.281. The Morgan fingerprint density at radius 3 is 2.88 bits per heavy atom. The quantitative estimate of drug-likeness (QED) is 0.584. The van der Waals surface area contributed by atoms with Gasteiger partial charge in [-0.15, -0.1) is 0 Å². The van der Waals surface area contributed by atoms with Gasteiger partial charge in [-0.1, -0.05) is 0 Å². The average molecular weight is 219 g/mol. The molecule has 0 radical (unpaired) electrons. The summed E-state index contributed by atoms with van der Waals surface area (Å²) in [5.41, 5.74) is 0.689. The summed E-state index contributed by atoms with van der Waals surface area (Å²) in [6, 6.07) is 3.31. The fraction of sp³-hybridized carbons (Fsp3) is 0.364. The number of fused-ring (bicyclic) bond motifs is 1. The second kappa shape index (κ2) is 4.40. The molecule has 2 amide bonds. The summed E-state index contributed by atoms with van der Waals surface area (Å²) in [5, 5.41) is 2.98. The van der Waals surface area contributed by atoms with E-state index < -0.39 is 0 Å². The molecule has 1 aliphatic heterocycles. The Labute approximate surface area is 93.5 Å². The van der Waals surface area contributed by atoms with Gasteiger partial charge in [0.2, 0.25) is 0 Å². The maximum Gasteiger partial charge on any atom is 0.280 e. The molecule has 1 aromatic rings. The smallest absolute Gasteiger partial charge is 0.280 e. The van der Waals surface area contributed by atoms with Crippen LogP contribution in [0.15, 0.2) is 18.3 Å². The van der Waals surface area contributed by atoms with Crippen LogP contribution in [0.3, 0.4) is 0 Å². The molecule has 2 heterocycles. The van der Waals surface area contributed by atoms with Crippen molar-refractivity contribution >= 4 is 11.8 Å². The molecule has 0 unspecified atom stereocenters. The first-order chi connectivity index (χ1) is 7.75. The molecule has 0 saturated carbocycles. The summed E-state index contributed by atoms with van der Waals surface area (Å²) in [6.07, 6.45) is 2.28. The predicted octanol–water partition coefficient (Wildman–Crippen LogP) is 0.287. The van der Waals surface area contributed by atoms with E-state index in [1.807, 2.05) is 7.05 Å². The van der Waals surface area contributed by atoms with Crippen LogP contribution >= 0.6 is 0 Å². The van der Waals surface area contributed by atoms with Crippen molar-refractivity contribution in [2.75, 3.05) is 20.1 Å². The van der Waals surface area contributed by atoms with Crippen molar-refractivity contribution in [3.63, 3.8) is 0 Å². The van der Waals surface area contributed by atoms with E-state index in [-0.39, 0.29) is 17.5 Å². The standard InChI is InChI=1S/C11H13N3O2/c1-12-5-3-7-14-10(15)8-4-2-6-13-9(8)11(14)16/h2,4,6,12H,3,5,7H2,1H3. The van der Waals surface area contributed by atoms with Crippen molar-refractivity contribution in [1.29, 1.82) is 0 Å². The monoisotopic (exact) mass is 219 g/mol. The van der Waals surface area contributed by atoms with Gasteiger partial charge in [0.15, 0.2) is 0 Å². The number of aromatic nitrogens is 1. The number of imide groups is 1. The number of carbonyl (C=O) groups is 2. The van der Waals surface area contributed by atoms with Crippen LogP contribution < -0.4 is 5.32 Å². The number of hydrogen-bond acceptors (Lipinski definition) is 4. The van der Waals surface area contributed by atoms with E-state index in [0.29, 0.717) is 12.1 Å². The lowest BCUT2D eigenvalue weighted by atomic mass is 10.2. The molecule has 0 bridgehead atoms. The number of nitrogens with zero attached hydrogens (tertiary/aromatic N) is 2. The van der Waals surface area contributed by atoms with Gasteiger partial charge in [0, 0.05) is 12.7 Å². The van der Waals surface area contributed by atoms with Crippen molar-refractivity contribution in [2.45, 2.75) is 6.42 Å². The summed E-state index contributed by atoms with van der Waals surface area (Å²) < 4.78 is 0. The van der Waals surface area contributed by atoms with Gasteiger partial charge in [-0.25, -0.2) is 0 Å². The highest BCUT2D eigenvalue weighted by Crippen LogP contribution is 2.20. The number of pyridine rings is 1. The molecule has 0 saturated heterocycles. The van der Waals surface area contributed by atoms with Crippen LogP contribution in [0.4, 0.5) is 0 Å². The maximum absolute atomic E-state index is 11.8. The lowest BCUT2D eigenvalue weighted by molar-refractivity contribution is 0.0651. The molecule has 1 aliphatic rings. The minimum Gasteiger partial charge on any atom is -0.320 e. The van der Waals surface area contributed by atoms with Crippen molar-refractivity contribution in [1.82, 2.24) is 15.2 Å². The summed E-state index contributed by atoms with van der Waals surface area (Å²) in [7, 11) is 1.84. The van der Waals surface area contributed by atoms with E-state index in [1.165, 1.54) is 11.1 Å². The molecule has 0 aliphatic carbocycles. The average Bonchev–Trinajstić information content (AvgIpc) is 2.55. The van der Waals surface area contributed by atoms with Gasteiger partial charge in [0.25, 0.3) is 11.8 Å². The zero-order valence-electron chi connectivity index (χ0n) is 9.06. The van der Waals surface area contributed by atoms with E-state index in [4.69, 9.17) is 0 Å². The van der Waals surface area contributed by atoms with E-state index in [9.17, 15) is 9.59 Å². The topological polar surface area (TPSA) is 62.3 Å². The minimum absolute atomic E-state index is 0.232. The van der Waals surface area contributed by atoms with Crippen molar-refractivity contribution < 1.29 is 9.59 Å². The largest absolute Gasteiger partial charge is 0.320 e. The van der Waals surface area contributed by atoms with Gasteiger partial charge < -0.3 is 5.32 Å². The highest BCUT2D eigenvalue weighted by atomic mass is 16.2. The Morgan fingerprint density at radius 1 is 1.38 bits per heavy atom. The molecule has 5 nitrogen and oxygen atoms in total. The van der Waals surface area contributed by atoms with E-state index >= 15 is 0 Å². The molecule has 2 rings (SSSR count). The lowest BCUT2D eigenvalue weighted by Gasteiger charge is -2.12. The Morgan fingerprint density at radius 2 is 2.19 bits per heavy atom. The second-order valence-corrected chi connectivity index (χ2v) is 3.62. The highest BCUT2D eigenvalue weighted by Gasteiger charge is 2.35. The van der Waals surface area contributed by atoms with Crippen LogP contribution in [0.2, 0.25) is 0 Å². The molecule has 1 N–H and O–H groups in total. The highest BCUT2D eigenvalue weighted by molar-refractivity contribution is 6.20. The number of nitrogens with one attached hydrogen (secondary N) is 1. The van der Waals surface area contributed by atoms with Gasteiger partial charge in [-0.3, -0.25) is 19.5 Å². The fourth-order valence-corrected chi connectivity index (χ4v) is 1.73. The van der Waals surface area contributed by atoms with Crippen LogP contribution in [0.25, 0.3) is 0 Å². The summed E-state index contributed by atoms with van der Waals surface area (Å²) >= 11 is 0. The van der Waals surface area contributed by atoms with Gasteiger partial charge >= 0.3 is 0 Å². The van der Waals surface area contributed by atoms with E-state index in [2.05, 4.69) is 10.3 Å². The molecule has 0 fully saturated rings. The Balaban J connectivity index is 2.15. The third-order valence-electron chi connectivity index (χ3n) is 2.54. The van der Waals surface area contributed by atoms with Crippen molar-refractivity contribution in [3.8, 4) is 0 Å². The molecule has 0 spiro atoms. The van der Waals surface area contributed by atoms with Crippen LogP contribution in [-0.2, 0) is 0 Å². The predicted molar refractivity (Wildman–Crippen MR) is 58.1 cm³/mol. The molecule has 1 aromatic heterocycles. The zero-order chi connectivity index (χ0) is 11.5. The van der Waals surface area contributed by atoms with E-state index in [1.54, 1.807) is 12.1 Å². The van der Waals surface area contributed by atoms with Crippen molar-refractivity contribution in [3.05, 3.63) is 29.6 Å². The third-order valence-corrected chi connectivity index (χ3v) is 2.54. The van der Waals surface area contributed by atoms with Crippen LogP contribution in [0.5, 0.6) is 0 Å². The molecule has 16 heavy (non-hydrogen) atoms. The van der Waals surface area contributed by atoms with Gasteiger partial charge in [0.1, 0.15) is 5.69 Å². The molecule has 5 heteroatoms. The maximum atomic E-state index is 11.8. The van der Waals surface area contributed by atoms with Gasteiger partial charge in [-0.2, -0.15) is 0 Å².